The molecular weight excluding hydrogens is 174 g/mol. The lowest BCUT2D eigenvalue weighted by Gasteiger charge is -2.28. The molecule has 0 amide bonds. The van der Waals surface area contributed by atoms with Gasteiger partial charge in [0.05, 0.1) is 12.2 Å². The maximum Gasteiger partial charge on any atom is 0.0731 e. The molecule has 0 aromatic rings. The van der Waals surface area contributed by atoms with Crippen molar-refractivity contribution in [2.75, 3.05) is 7.05 Å². The van der Waals surface area contributed by atoms with Crippen molar-refractivity contribution >= 4 is 0 Å². The molecule has 2 saturated carbocycles. The van der Waals surface area contributed by atoms with Crippen LogP contribution in [0.3, 0.4) is 0 Å². The molecule has 0 radical (unpaired) electrons. The van der Waals surface area contributed by atoms with Crippen LogP contribution in [0.1, 0.15) is 51.4 Å². The highest BCUT2D eigenvalue weighted by Gasteiger charge is 2.29. The summed E-state index contributed by atoms with van der Waals surface area (Å²) in [5.74, 6) is 0. The summed E-state index contributed by atoms with van der Waals surface area (Å²) in [6, 6.07) is 0.622. The topological polar surface area (TPSA) is 21.3 Å². The third-order valence-corrected chi connectivity index (χ3v) is 3.74. The van der Waals surface area contributed by atoms with E-state index in [0.29, 0.717) is 18.2 Å². The molecule has 1 N–H and O–H groups in total. The molecule has 2 atom stereocenters. The second-order valence-electron chi connectivity index (χ2n) is 4.76. The largest absolute Gasteiger partial charge is 0.373 e. The average molecular weight is 197 g/mol. The van der Waals surface area contributed by atoms with Gasteiger partial charge >= 0.3 is 0 Å². The van der Waals surface area contributed by atoms with Crippen LogP contribution in [0.15, 0.2) is 0 Å². The van der Waals surface area contributed by atoms with E-state index in [9.17, 15) is 0 Å². The molecule has 2 rings (SSSR count). The summed E-state index contributed by atoms with van der Waals surface area (Å²) >= 11 is 0. The molecule has 2 aliphatic carbocycles. The molecular formula is C12H23NO. The first-order valence-corrected chi connectivity index (χ1v) is 6.23. The van der Waals surface area contributed by atoms with Gasteiger partial charge < -0.3 is 10.1 Å². The molecule has 0 bridgehead atoms. The number of nitrogens with one attached hydrogen (secondary N) is 1. The van der Waals surface area contributed by atoms with Crippen molar-refractivity contribution in [1.29, 1.82) is 0 Å². The van der Waals surface area contributed by atoms with Crippen LogP contribution >= 0.6 is 0 Å². The van der Waals surface area contributed by atoms with E-state index in [1.165, 1.54) is 51.4 Å². The van der Waals surface area contributed by atoms with E-state index in [4.69, 9.17) is 4.74 Å². The van der Waals surface area contributed by atoms with Crippen LogP contribution in [0.5, 0.6) is 0 Å². The second kappa shape index (κ2) is 5.13. The molecule has 2 heteroatoms. The normalized spacial score (nSPS) is 34.9. The molecule has 82 valence electrons. The highest BCUT2D eigenvalue weighted by Crippen LogP contribution is 2.28. The zero-order chi connectivity index (χ0) is 9.80. The number of rotatable bonds is 3. The fourth-order valence-corrected chi connectivity index (χ4v) is 2.87. The van der Waals surface area contributed by atoms with Crippen LogP contribution in [0.4, 0.5) is 0 Å². The molecule has 0 aromatic carbocycles. The van der Waals surface area contributed by atoms with Gasteiger partial charge in [-0.3, -0.25) is 0 Å². The minimum Gasteiger partial charge on any atom is -0.373 e. The minimum absolute atomic E-state index is 0.503. The molecule has 2 nitrogen and oxygen atoms in total. The predicted octanol–water partition coefficient (Wildman–Crippen LogP) is 2.48. The van der Waals surface area contributed by atoms with Crippen molar-refractivity contribution < 1.29 is 4.74 Å². The van der Waals surface area contributed by atoms with Gasteiger partial charge in [-0.25, -0.2) is 0 Å². The number of hydrogen-bond donors (Lipinski definition) is 1. The summed E-state index contributed by atoms with van der Waals surface area (Å²) in [7, 11) is 2.06. The molecule has 2 fully saturated rings. The molecule has 0 heterocycles. The quantitative estimate of drug-likeness (QED) is 0.750. The van der Waals surface area contributed by atoms with Crippen LogP contribution in [-0.2, 0) is 4.74 Å². The van der Waals surface area contributed by atoms with Gasteiger partial charge in [-0.1, -0.05) is 19.3 Å². The Hall–Kier alpha value is -0.0800. The molecule has 0 aliphatic heterocycles. The first-order valence-electron chi connectivity index (χ1n) is 6.23. The Kier molecular flexibility index (Phi) is 3.82. The lowest BCUT2D eigenvalue weighted by molar-refractivity contribution is -0.0365. The number of likely N-dealkylation sites (N-methyl/N-ethyl adjacent to an activating group) is 1. The smallest absolute Gasteiger partial charge is 0.0731 e. The Bertz CT molecular complexity index is 166. The Morgan fingerprint density at radius 3 is 2.43 bits per heavy atom. The summed E-state index contributed by atoms with van der Waals surface area (Å²) in [5, 5.41) is 3.38. The Morgan fingerprint density at radius 2 is 1.71 bits per heavy atom. The Labute approximate surface area is 87.4 Å². The minimum atomic E-state index is 0.503. The van der Waals surface area contributed by atoms with Crippen LogP contribution in [-0.4, -0.2) is 25.3 Å². The molecule has 0 aromatic heterocycles. The van der Waals surface area contributed by atoms with Crippen LogP contribution in [0, 0.1) is 0 Å². The van der Waals surface area contributed by atoms with Crippen molar-refractivity contribution in [2.24, 2.45) is 0 Å². The second-order valence-corrected chi connectivity index (χ2v) is 4.76. The van der Waals surface area contributed by atoms with Crippen molar-refractivity contribution in [3.05, 3.63) is 0 Å². The molecule has 2 aliphatic rings. The SMILES string of the molecule is CNC1CCCC1OC1CCCCC1. The average Bonchev–Trinajstić information content (AvgIpc) is 2.67. The molecule has 0 spiro atoms. The lowest BCUT2D eigenvalue weighted by Crippen LogP contribution is -2.37. The van der Waals surface area contributed by atoms with E-state index < -0.39 is 0 Å². The summed E-state index contributed by atoms with van der Waals surface area (Å²) in [5.41, 5.74) is 0. The monoisotopic (exact) mass is 197 g/mol. The fraction of sp³-hybridized carbons (Fsp3) is 1.00. The third-order valence-electron chi connectivity index (χ3n) is 3.74. The first-order chi connectivity index (χ1) is 6.90. The van der Waals surface area contributed by atoms with Gasteiger partial charge in [0.25, 0.3) is 0 Å². The van der Waals surface area contributed by atoms with Crippen molar-refractivity contribution in [3.63, 3.8) is 0 Å². The zero-order valence-corrected chi connectivity index (χ0v) is 9.30. The van der Waals surface area contributed by atoms with Gasteiger partial charge in [0.1, 0.15) is 0 Å². The Balaban J connectivity index is 1.77. The summed E-state index contributed by atoms with van der Waals surface area (Å²) in [6.07, 6.45) is 11.7. The number of hydrogen-bond acceptors (Lipinski definition) is 2. The van der Waals surface area contributed by atoms with Crippen molar-refractivity contribution in [3.8, 4) is 0 Å². The molecule has 0 saturated heterocycles. The highest BCUT2D eigenvalue weighted by molar-refractivity contribution is 4.84. The standard InChI is InChI=1S/C12H23NO/c1-13-11-8-5-9-12(11)14-10-6-3-2-4-7-10/h10-13H,2-9H2,1H3. The zero-order valence-electron chi connectivity index (χ0n) is 9.30. The van der Waals surface area contributed by atoms with E-state index in [0.717, 1.165) is 0 Å². The van der Waals surface area contributed by atoms with Crippen molar-refractivity contribution in [2.45, 2.75) is 69.6 Å². The fourth-order valence-electron chi connectivity index (χ4n) is 2.87. The van der Waals surface area contributed by atoms with E-state index >= 15 is 0 Å². The lowest BCUT2D eigenvalue weighted by atomic mass is 9.97. The maximum atomic E-state index is 6.19. The molecule has 14 heavy (non-hydrogen) atoms. The summed E-state index contributed by atoms with van der Waals surface area (Å²) in [4.78, 5) is 0. The van der Waals surface area contributed by atoms with Gasteiger partial charge in [0.15, 0.2) is 0 Å². The van der Waals surface area contributed by atoms with Crippen LogP contribution in [0.25, 0.3) is 0 Å². The van der Waals surface area contributed by atoms with Gasteiger partial charge in [-0.2, -0.15) is 0 Å². The van der Waals surface area contributed by atoms with E-state index in [2.05, 4.69) is 12.4 Å². The number of ether oxygens (including phenoxy) is 1. The Morgan fingerprint density at radius 1 is 0.929 bits per heavy atom. The van der Waals surface area contributed by atoms with Crippen LogP contribution < -0.4 is 5.32 Å². The maximum absolute atomic E-state index is 6.19. The molecule has 2 unspecified atom stereocenters. The van der Waals surface area contributed by atoms with E-state index in [1.54, 1.807) is 0 Å². The van der Waals surface area contributed by atoms with Gasteiger partial charge in [-0.05, 0) is 39.2 Å². The van der Waals surface area contributed by atoms with E-state index in [-0.39, 0.29) is 0 Å². The van der Waals surface area contributed by atoms with Gasteiger partial charge in [0, 0.05) is 6.04 Å². The van der Waals surface area contributed by atoms with Gasteiger partial charge in [0.2, 0.25) is 0 Å². The van der Waals surface area contributed by atoms with Gasteiger partial charge in [-0.15, -0.1) is 0 Å². The third kappa shape index (κ3) is 2.48. The highest BCUT2D eigenvalue weighted by atomic mass is 16.5. The predicted molar refractivity (Wildman–Crippen MR) is 58.4 cm³/mol. The van der Waals surface area contributed by atoms with E-state index in [1.807, 2.05) is 0 Å². The first kappa shape index (κ1) is 10.4. The summed E-state index contributed by atoms with van der Waals surface area (Å²) in [6.45, 7) is 0. The van der Waals surface area contributed by atoms with Crippen molar-refractivity contribution in [1.82, 2.24) is 5.32 Å². The summed E-state index contributed by atoms with van der Waals surface area (Å²) < 4.78 is 6.19. The van der Waals surface area contributed by atoms with Crippen LogP contribution in [0.2, 0.25) is 0 Å².